The van der Waals surface area contributed by atoms with Crippen LogP contribution in [0.25, 0.3) is 0 Å². The predicted octanol–water partition coefficient (Wildman–Crippen LogP) is 2.02. The molecule has 2 rings (SSSR count). The SMILES string of the molecule is CCN(CC(=O)O)C1CCN(Cc2cccc(NC(C)=O)c2)CC1. The second-order valence-electron chi connectivity index (χ2n) is 6.35. The lowest BCUT2D eigenvalue weighted by molar-refractivity contribution is -0.139. The quantitative estimate of drug-likeness (QED) is 0.799. The molecule has 0 aromatic heterocycles. The number of hydrogen-bond donors (Lipinski definition) is 2. The molecule has 0 spiro atoms. The van der Waals surface area contributed by atoms with E-state index in [-0.39, 0.29) is 12.5 Å². The summed E-state index contributed by atoms with van der Waals surface area (Å²) in [5, 5.41) is 11.8. The van der Waals surface area contributed by atoms with Gasteiger partial charge < -0.3 is 10.4 Å². The van der Waals surface area contributed by atoms with E-state index in [0.29, 0.717) is 6.04 Å². The van der Waals surface area contributed by atoms with E-state index in [0.717, 1.165) is 44.7 Å². The first-order valence-corrected chi connectivity index (χ1v) is 8.52. The number of likely N-dealkylation sites (N-methyl/N-ethyl adjacent to an activating group) is 1. The van der Waals surface area contributed by atoms with E-state index in [1.807, 2.05) is 25.1 Å². The summed E-state index contributed by atoms with van der Waals surface area (Å²) in [6.07, 6.45) is 1.99. The van der Waals surface area contributed by atoms with E-state index in [1.165, 1.54) is 12.5 Å². The Labute approximate surface area is 143 Å². The summed E-state index contributed by atoms with van der Waals surface area (Å²) >= 11 is 0. The molecule has 0 atom stereocenters. The Morgan fingerprint density at radius 3 is 2.62 bits per heavy atom. The van der Waals surface area contributed by atoms with Crippen LogP contribution in [0.2, 0.25) is 0 Å². The third-order valence-electron chi connectivity index (χ3n) is 4.47. The molecule has 1 fully saturated rings. The molecule has 0 bridgehead atoms. The molecule has 24 heavy (non-hydrogen) atoms. The first-order chi connectivity index (χ1) is 11.5. The number of carboxylic acid groups (broad SMARTS) is 1. The fourth-order valence-electron chi connectivity index (χ4n) is 3.32. The van der Waals surface area contributed by atoms with Crippen molar-refractivity contribution in [1.82, 2.24) is 9.80 Å². The van der Waals surface area contributed by atoms with E-state index < -0.39 is 5.97 Å². The largest absolute Gasteiger partial charge is 0.480 e. The predicted molar refractivity (Wildman–Crippen MR) is 93.9 cm³/mol. The zero-order chi connectivity index (χ0) is 17.5. The van der Waals surface area contributed by atoms with Crippen molar-refractivity contribution in [3.63, 3.8) is 0 Å². The van der Waals surface area contributed by atoms with E-state index >= 15 is 0 Å². The van der Waals surface area contributed by atoms with Crippen molar-refractivity contribution in [2.45, 2.75) is 39.3 Å². The zero-order valence-corrected chi connectivity index (χ0v) is 14.5. The summed E-state index contributed by atoms with van der Waals surface area (Å²) in [5.41, 5.74) is 2.01. The summed E-state index contributed by atoms with van der Waals surface area (Å²) in [6.45, 7) is 7.20. The minimum Gasteiger partial charge on any atom is -0.480 e. The summed E-state index contributed by atoms with van der Waals surface area (Å²) in [5.74, 6) is -0.819. The Morgan fingerprint density at radius 2 is 2.04 bits per heavy atom. The Kier molecular flexibility index (Phi) is 6.75. The maximum atomic E-state index is 11.2. The topological polar surface area (TPSA) is 72.9 Å². The van der Waals surface area contributed by atoms with Crippen LogP contribution in [0.1, 0.15) is 32.3 Å². The number of nitrogens with one attached hydrogen (secondary N) is 1. The van der Waals surface area contributed by atoms with E-state index in [2.05, 4.69) is 21.2 Å². The minimum absolute atomic E-state index is 0.0638. The van der Waals surface area contributed by atoms with Crippen LogP contribution in [-0.4, -0.2) is 59.0 Å². The second-order valence-corrected chi connectivity index (χ2v) is 6.35. The number of nitrogens with zero attached hydrogens (tertiary/aromatic N) is 2. The van der Waals surface area contributed by atoms with E-state index in [4.69, 9.17) is 5.11 Å². The van der Waals surface area contributed by atoms with Gasteiger partial charge in [-0.3, -0.25) is 19.4 Å². The second kappa shape index (κ2) is 8.80. The Hall–Kier alpha value is -1.92. The lowest BCUT2D eigenvalue weighted by Crippen LogP contribution is -2.46. The number of carbonyl (C=O) groups excluding carboxylic acids is 1. The van der Waals surface area contributed by atoms with Crippen LogP contribution >= 0.6 is 0 Å². The summed E-state index contributed by atoms with van der Waals surface area (Å²) in [6, 6.07) is 8.28. The monoisotopic (exact) mass is 333 g/mol. The highest BCUT2D eigenvalue weighted by atomic mass is 16.4. The smallest absolute Gasteiger partial charge is 0.317 e. The van der Waals surface area contributed by atoms with Crippen LogP contribution in [-0.2, 0) is 16.1 Å². The van der Waals surface area contributed by atoms with Gasteiger partial charge in [-0.25, -0.2) is 0 Å². The minimum atomic E-state index is -0.755. The van der Waals surface area contributed by atoms with Gasteiger partial charge in [-0.2, -0.15) is 0 Å². The molecule has 6 nitrogen and oxygen atoms in total. The van der Waals surface area contributed by atoms with Crippen LogP contribution in [0.3, 0.4) is 0 Å². The molecule has 2 N–H and O–H groups in total. The number of benzene rings is 1. The summed E-state index contributed by atoms with van der Waals surface area (Å²) in [7, 11) is 0. The van der Waals surface area contributed by atoms with Crippen LogP contribution in [0, 0.1) is 0 Å². The number of amides is 1. The Balaban J connectivity index is 1.86. The molecule has 132 valence electrons. The average Bonchev–Trinajstić information content (AvgIpc) is 2.53. The van der Waals surface area contributed by atoms with Gasteiger partial charge in [0, 0.05) is 25.2 Å². The number of rotatable bonds is 7. The van der Waals surface area contributed by atoms with Gasteiger partial charge in [-0.05, 0) is 50.2 Å². The van der Waals surface area contributed by atoms with Crippen molar-refractivity contribution < 1.29 is 14.7 Å². The normalized spacial score (nSPS) is 16.3. The van der Waals surface area contributed by atoms with Crippen molar-refractivity contribution in [3.05, 3.63) is 29.8 Å². The molecule has 6 heteroatoms. The van der Waals surface area contributed by atoms with Crippen LogP contribution < -0.4 is 5.32 Å². The molecule has 1 aliphatic heterocycles. The van der Waals surface area contributed by atoms with Gasteiger partial charge in [0.1, 0.15) is 0 Å². The fourth-order valence-corrected chi connectivity index (χ4v) is 3.32. The number of hydrogen-bond acceptors (Lipinski definition) is 4. The van der Waals surface area contributed by atoms with Crippen molar-refractivity contribution in [1.29, 1.82) is 0 Å². The highest BCUT2D eigenvalue weighted by molar-refractivity contribution is 5.88. The van der Waals surface area contributed by atoms with Crippen molar-refractivity contribution in [2.75, 3.05) is 31.5 Å². The molecule has 1 aliphatic rings. The van der Waals surface area contributed by atoms with Gasteiger partial charge in [0.05, 0.1) is 6.54 Å². The molecule has 1 aromatic rings. The van der Waals surface area contributed by atoms with Gasteiger partial charge >= 0.3 is 5.97 Å². The van der Waals surface area contributed by atoms with Crippen LogP contribution in [0.4, 0.5) is 5.69 Å². The summed E-state index contributed by atoms with van der Waals surface area (Å²) in [4.78, 5) is 26.5. The first-order valence-electron chi connectivity index (χ1n) is 8.52. The van der Waals surface area contributed by atoms with E-state index in [1.54, 1.807) is 0 Å². The molecule has 0 aliphatic carbocycles. The van der Waals surface area contributed by atoms with Gasteiger partial charge in [0.15, 0.2) is 0 Å². The molecule has 1 amide bonds. The highest BCUT2D eigenvalue weighted by Gasteiger charge is 2.24. The Bertz CT molecular complexity index is 568. The van der Waals surface area contributed by atoms with Crippen LogP contribution in [0.5, 0.6) is 0 Å². The van der Waals surface area contributed by atoms with Crippen molar-refractivity contribution in [2.24, 2.45) is 0 Å². The van der Waals surface area contributed by atoms with Crippen molar-refractivity contribution >= 4 is 17.6 Å². The molecule has 1 heterocycles. The Morgan fingerprint density at radius 1 is 1.33 bits per heavy atom. The standard InChI is InChI=1S/C18H27N3O3/c1-3-21(13-18(23)24)17-7-9-20(10-8-17)12-15-5-4-6-16(11-15)19-14(2)22/h4-6,11,17H,3,7-10,12-13H2,1-2H3,(H,19,22)(H,23,24). The molecule has 0 unspecified atom stereocenters. The van der Waals surface area contributed by atoms with Crippen LogP contribution in [0.15, 0.2) is 24.3 Å². The fraction of sp³-hybridized carbons (Fsp3) is 0.556. The van der Waals surface area contributed by atoms with E-state index in [9.17, 15) is 9.59 Å². The number of carbonyl (C=O) groups is 2. The molecular formula is C18H27N3O3. The number of likely N-dealkylation sites (tertiary alicyclic amines) is 1. The van der Waals surface area contributed by atoms with Crippen molar-refractivity contribution in [3.8, 4) is 0 Å². The average molecular weight is 333 g/mol. The molecule has 1 aromatic carbocycles. The number of anilines is 1. The van der Waals surface area contributed by atoms with Gasteiger partial charge in [-0.15, -0.1) is 0 Å². The molecule has 1 saturated heterocycles. The zero-order valence-electron chi connectivity index (χ0n) is 14.5. The third kappa shape index (κ3) is 5.62. The lowest BCUT2D eigenvalue weighted by atomic mass is 10.0. The number of carboxylic acids is 1. The maximum absolute atomic E-state index is 11.2. The number of piperidine rings is 1. The maximum Gasteiger partial charge on any atom is 0.317 e. The highest BCUT2D eigenvalue weighted by Crippen LogP contribution is 2.19. The third-order valence-corrected chi connectivity index (χ3v) is 4.47. The molecule has 0 saturated carbocycles. The molecular weight excluding hydrogens is 306 g/mol. The summed E-state index contributed by atoms with van der Waals surface area (Å²) < 4.78 is 0. The molecule has 0 radical (unpaired) electrons. The van der Waals surface area contributed by atoms with Gasteiger partial charge in [0.2, 0.25) is 5.91 Å². The van der Waals surface area contributed by atoms with Gasteiger partial charge in [0.25, 0.3) is 0 Å². The van der Waals surface area contributed by atoms with Gasteiger partial charge in [-0.1, -0.05) is 19.1 Å². The number of aliphatic carboxylic acids is 1. The first kappa shape index (κ1) is 18.4. The lowest BCUT2D eigenvalue weighted by Gasteiger charge is -2.37.